The molecule has 2 amide bonds. The molecule has 0 fully saturated rings. The molecule has 0 spiro atoms. The molecular weight excluding hydrogens is 447 g/mol. The Morgan fingerprint density at radius 3 is 2.66 bits per heavy atom. The van der Waals surface area contributed by atoms with E-state index < -0.39 is 6.10 Å². The summed E-state index contributed by atoms with van der Waals surface area (Å²) in [5, 5.41) is 2.89. The zero-order valence-electron chi connectivity index (χ0n) is 19.9. The van der Waals surface area contributed by atoms with Crippen molar-refractivity contribution in [3.8, 4) is 11.5 Å². The number of carbonyl (C=O) groups excluding carboxylic acids is 2. The van der Waals surface area contributed by atoms with Gasteiger partial charge in [0.05, 0.1) is 13.5 Å². The maximum Gasteiger partial charge on any atom is 0.263 e. The molecule has 0 unspecified atom stereocenters. The number of methoxy groups -OCH3 is 1. The molecule has 0 aromatic heterocycles. The van der Waals surface area contributed by atoms with Crippen LogP contribution in [0.5, 0.6) is 11.5 Å². The molecule has 0 bridgehead atoms. The van der Waals surface area contributed by atoms with Crippen molar-refractivity contribution in [1.82, 2.24) is 4.90 Å². The predicted octanol–water partition coefficient (Wildman–Crippen LogP) is 4.76. The van der Waals surface area contributed by atoms with Crippen LogP contribution in [0.2, 0.25) is 0 Å². The molecule has 1 aliphatic rings. The SMILES string of the molecule is CC[C@H]1Oc2ccc(NC(=O)Cc3ccc(F)cc3)cc2CN(CCc2ccccc2OC)C1=O. The highest BCUT2D eigenvalue weighted by molar-refractivity contribution is 5.92. The summed E-state index contributed by atoms with van der Waals surface area (Å²) in [5.41, 5.74) is 3.20. The average Bonchev–Trinajstić information content (AvgIpc) is 3.00. The fourth-order valence-corrected chi connectivity index (χ4v) is 4.19. The number of amides is 2. The number of anilines is 1. The Balaban J connectivity index is 1.49. The molecular formula is C28H29FN2O4. The van der Waals surface area contributed by atoms with Gasteiger partial charge in [0.2, 0.25) is 5.91 Å². The number of rotatable bonds is 8. The molecule has 4 rings (SSSR count). The third kappa shape index (κ3) is 5.98. The van der Waals surface area contributed by atoms with Crippen LogP contribution in [0.25, 0.3) is 0 Å². The lowest BCUT2D eigenvalue weighted by atomic mass is 10.1. The molecule has 35 heavy (non-hydrogen) atoms. The van der Waals surface area contributed by atoms with Gasteiger partial charge in [-0.1, -0.05) is 37.3 Å². The van der Waals surface area contributed by atoms with Gasteiger partial charge in [0.25, 0.3) is 5.91 Å². The molecule has 0 saturated heterocycles. The third-order valence-electron chi connectivity index (χ3n) is 6.05. The maximum absolute atomic E-state index is 13.2. The van der Waals surface area contributed by atoms with Gasteiger partial charge in [0.15, 0.2) is 6.10 Å². The molecule has 3 aromatic rings. The van der Waals surface area contributed by atoms with Crippen molar-refractivity contribution in [3.63, 3.8) is 0 Å². The largest absolute Gasteiger partial charge is 0.496 e. The molecule has 1 aliphatic heterocycles. The maximum atomic E-state index is 13.2. The van der Waals surface area contributed by atoms with Crippen molar-refractivity contribution in [2.24, 2.45) is 0 Å². The molecule has 1 atom stereocenters. The van der Waals surface area contributed by atoms with Crippen molar-refractivity contribution in [1.29, 1.82) is 0 Å². The van der Waals surface area contributed by atoms with Crippen molar-refractivity contribution in [3.05, 3.63) is 89.2 Å². The van der Waals surface area contributed by atoms with Gasteiger partial charge in [-0.05, 0) is 60.4 Å². The van der Waals surface area contributed by atoms with Crippen molar-refractivity contribution in [2.45, 2.75) is 38.8 Å². The van der Waals surface area contributed by atoms with Crippen LogP contribution in [0.1, 0.15) is 30.0 Å². The van der Waals surface area contributed by atoms with Crippen LogP contribution < -0.4 is 14.8 Å². The second-order valence-electron chi connectivity index (χ2n) is 8.51. The van der Waals surface area contributed by atoms with E-state index in [0.717, 1.165) is 22.4 Å². The Hall–Kier alpha value is -3.87. The number of carbonyl (C=O) groups is 2. The van der Waals surface area contributed by atoms with Crippen LogP contribution in [0.15, 0.2) is 66.7 Å². The second kappa shape index (κ2) is 11.0. The summed E-state index contributed by atoms with van der Waals surface area (Å²) in [6, 6.07) is 19.0. The minimum absolute atomic E-state index is 0.0551. The average molecular weight is 477 g/mol. The first kappa shape index (κ1) is 24.3. The zero-order valence-corrected chi connectivity index (χ0v) is 19.9. The number of nitrogens with zero attached hydrogens (tertiary/aromatic N) is 1. The smallest absolute Gasteiger partial charge is 0.263 e. The number of hydrogen-bond donors (Lipinski definition) is 1. The first-order chi connectivity index (χ1) is 17.0. The number of fused-ring (bicyclic) bond motifs is 1. The summed E-state index contributed by atoms with van der Waals surface area (Å²) in [6.45, 7) is 2.82. The van der Waals surface area contributed by atoms with Crippen LogP contribution in [-0.4, -0.2) is 36.5 Å². The first-order valence-corrected chi connectivity index (χ1v) is 11.7. The number of benzene rings is 3. The van der Waals surface area contributed by atoms with Crippen molar-refractivity contribution >= 4 is 17.5 Å². The Morgan fingerprint density at radius 2 is 1.91 bits per heavy atom. The van der Waals surface area contributed by atoms with Crippen LogP contribution in [0.4, 0.5) is 10.1 Å². The third-order valence-corrected chi connectivity index (χ3v) is 6.05. The molecule has 0 saturated carbocycles. The molecule has 0 aliphatic carbocycles. The highest BCUT2D eigenvalue weighted by Gasteiger charge is 2.30. The molecule has 1 heterocycles. The van der Waals surface area contributed by atoms with Crippen LogP contribution in [0.3, 0.4) is 0 Å². The Kier molecular flexibility index (Phi) is 7.65. The second-order valence-corrected chi connectivity index (χ2v) is 8.51. The van der Waals surface area contributed by atoms with Gasteiger partial charge in [-0.3, -0.25) is 9.59 Å². The molecule has 0 radical (unpaired) electrons. The molecule has 182 valence electrons. The lowest BCUT2D eigenvalue weighted by molar-refractivity contribution is -0.138. The minimum Gasteiger partial charge on any atom is -0.496 e. The number of hydrogen-bond acceptors (Lipinski definition) is 4. The predicted molar refractivity (Wildman–Crippen MR) is 132 cm³/mol. The topological polar surface area (TPSA) is 67.9 Å². The Labute approximate surface area is 204 Å². The quantitative estimate of drug-likeness (QED) is 0.509. The molecule has 3 aromatic carbocycles. The number of nitrogens with one attached hydrogen (secondary N) is 1. The van der Waals surface area contributed by atoms with Crippen LogP contribution in [-0.2, 0) is 29.0 Å². The summed E-state index contributed by atoms with van der Waals surface area (Å²) in [5.74, 6) is 0.836. The van der Waals surface area contributed by atoms with E-state index >= 15 is 0 Å². The lowest BCUT2D eigenvalue weighted by Gasteiger charge is -2.23. The summed E-state index contributed by atoms with van der Waals surface area (Å²) in [7, 11) is 1.64. The van der Waals surface area contributed by atoms with Crippen molar-refractivity contribution < 1.29 is 23.5 Å². The van der Waals surface area contributed by atoms with Crippen LogP contribution >= 0.6 is 0 Å². The van der Waals surface area contributed by atoms with Gasteiger partial charge >= 0.3 is 0 Å². The lowest BCUT2D eigenvalue weighted by Crippen LogP contribution is -2.40. The summed E-state index contributed by atoms with van der Waals surface area (Å²) in [6.07, 6.45) is 0.776. The van der Waals surface area contributed by atoms with Gasteiger partial charge in [-0.15, -0.1) is 0 Å². The van der Waals surface area contributed by atoms with E-state index in [-0.39, 0.29) is 24.1 Å². The molecule has 7 heteroatoms. The van der Waals surface area contributed by atoms with Gasteiger partial charge < -0.3 is 19.7 Å². The Morgan fingerprint density at radius 1 is 1.14 bits per heavy atom. The zero-order chi connectivity index (χ0) is 24.8. The van der Waals surface area contributed by atoms with E-state index in [0.29, 0.717) is 37.4 Å². The minimum atomic E-state index is -0.562. The fraction of sp³-hybridized carbons (Fsp3) is 0.286. The highest BCUT2D eigenvalue weighted by atomic mass is 19.1. The van der Waals surface area contributed by atoms with Crippen LogP contribution in [0, 0.1) is 5.82 Å². The molecule has 6 nitrogen and oxygen atoms in total. The van der Waals surface area contributed by atoms with E-state index in [4.69, 9.17) is 9.47 Å². The van der Waals surface area contributed by atoms with Crippen molar-refractivity contribution in [2.75, 3.05) is 19.0 Å². The number of para-hydroxylation sites is 1. The number of halogens is 1. The molecule has 1 N–H and O–H groups in total. The Bertz CT molecular complexity index is 1200. The highest BCUT2D eigenvalue weighted by Crippen LogP contribution is 2.30. The first-order valence-electron chi connectivity index (χ1n) is 11.7. The normalized spacial score (nSPS) is 15.1. The van der Waals surface area contributed by atoms with E-state index in [1.54, 1.807) is 36.3 Å². The van der Waals surface area contributed by atoms with E-state index in [9.17, 15) is 14.0 Å². The number of ether oxygens (including phenoxy) is 2. The van der Waals surface area contributed by atoms with E-state index in [1.807, 2.05) is 37.3 Å². The van der Waals surface area contributed by atoms with Gasteiger partial charge in [-0.2, -0.15) is 0 Å². The standard InChI is InChI=1S/C28H29FN2O4/c1-3-24-28(33)31(15-14-20-6-4-5-7-25(20)34-2)18-21-17-23(12-13-26(21)35-24)30-27(32)16-19-8-10-22(29)11-9-19/h4-13,17,24H,3,14-16,18H2,1-2H3,(H,30,32)/t24-/m1/s1. The summed E-state index contributed by atoms with van der Waals surface area (Å²) in [4.78, 5) is 27.5. The monoisotopic (exact) mass is 476 g/mol. The van der Waals surface area contributed by atoms with E-state index in [2.05, 4.69) is 5.32 Å². The summed E-state index contributed by atoms with van der Waals surface area (Å²) >= 11 is 0. The van der Waals surface area contributed by atoms with Gasteiger partial charge in [-0.25, -0.2) is 4.39 Å². The summed E-state index contributed by atoms with van der Waals surface area (Å²) < 4.78 is 24.6. The fourth-order valence-electron chi connectivity index (χ4n) is 4.19. The van der Waals surface area contributed by atoms with Gasteiger partial charge in [0, 0.05) is 24.3 Å². The van der Waals surface area contributed by atoms with Gasteiger partial charge in [0.1, 0.15) is 17.3 Å². The van der Waals surface area contributed by atoms with E-state index in [1.165, 1.54) is 12.1 Å².